The topological polar surface area (TPSA) is 52.2 Å². The molecule has 0 saturated carbocycles. The van der Waals surface area contributed by atoms with Crippen molar-refractivity contribution in [3.63, 3.8) is 0 Å². The zero-order valence-corrected chi connectivity index (χ0v) is 12.8. The van der Waals surface area contributed by atoms with Gasteiger partial charge in [0.1, 0.15) is 5.65 Å². The molecule has 0 aliphatic carbocycles. The Morgan fingerprint density at radius 3 is 2.73 bits per heavy atom. The minimum absolute atomic E-state index is 0.138. The number of hydrogen-bond acceptors (Lipinski definition) is 3. The quantitative estimate of drug-likeness (QED) is 0.925. The van der Waals surface area contributed by atoms with Crippen molar-refractivity contribution >= 4 is 16.9 Å². The van der Waals surface area contributed by atoms with Gasteiger partial charge in [0, 0.05) is 36.9 Å². The second-order valence-corrected chi connectivity index (χ2v) is 6.37. The minimum Gasteiger partial charge on any atom is -0.345 e. The Hall–Kier alpha value is -1.88. The summed E-state index contributed by atoms with van der Waals surface area (Å²) in [4.78, 5) is 24.7. The number of aromatic amines is 1. The number of aromatic nitrogens is 2. The number of likely N-dealkylation sites (tertiary alicyclic amines) is 2. The molecule has 0 bridgehead atoms. The Bertz CT molecular complexity index is 666. The summed E-state index contributed by atoms with van der Waals surface area (Å²) in [6, 6.07) is 4.52. The zero-order chi connectivity index (χ0) is 14.9. The van der Waals surface area contributed by atoms with E-state index in [0.29, 0.717) is 6.04 Å². The molecular formula is C17H22N4O. The van der Waals surface area contributed by atoms with E-state index in [1.165, 1.54) is 25.9 Å². The van der Waals surface area contributed by atoms with Crippen LogP contribution in [-0.2, 0) is 0 Å². The molecule has 5 heteroatoms. The number of fused-ring (bicyclic) bond motifs is 1. The summed E-state index contributed by atoms with van der Waals surface area (Å²) in [7, 11) is 0. The summed E-state index contributed by atoms with van der Waals surface area (Å²) in [5.41, 5.74) is 1.54. The standard InChI is InChI=1S/C17H22N4O/c22-17(15-12-19-16-14(15)4-3-7-18-16)21-10-5-13(6-11-21)20-8-1-2-9-20/h3-4,7,12-13H,1-2,5-6,8-11H2,(H,18,19). The van der Waals surface area contributed by atoms with E-state index < -0.39 is 0 Å². The fourth-order valence-corrected chi connectivity index (χ4v) is 3.84. The summed E-state index contributed by atoms with van der Waals surface area (Å²) < 4.78 is 0. The molecule has 2 aromatic rings. The van der Waals surface area contributed by atoms with Crippen molar-refractivity contribution in [1.82, 2.24) is 19.8 Å². The lowest BCUT2D eigenvalue weighted by Gasteiger charge is -2.36. The number of carbonyl (C=O) groups excluding carboxylic acids is 1. The Balaban J connectivity index is 1.45. The van der Waals surface area contributed by atoms with E-state index in [4.69, 9.17) is 0 Å². The number of rotatable bonds is 2. The highest BCUT2D eigenvalue weighted by Crippen LogP contribution is 2.24. The van der Waals surface area contributed by atoms with Gasteiger partial charge >= 0.3 is 0 Å². The Kier molecular flexibility index (Phi) is 3.58. The molecule has 4 rings (SSSR count). The Labute approximate surface area is 130 Å². The summed E-state index contributed by atoms with van der Waals surface area (Å²) in [5, 5.41) is 0.925. The molecule has 2 saturated heterocycles. The number of nitrogens with one attached hydrogen (secondary N) is 1. The second kappa shape index (κ2) is 5.72. The SMILES string of the molecule is O=C(c1c[nH]c2ncccc12)N1CCC(N2CCCC2)CC1. The molecule has 1 N–H and O–H groups in total. The number of nitrogens with zero attached hydrogens (tertiary/aromatic N) is 3. The summed E-state index contributed by atoms with van der Waals surface area (Å²) in [5.74, 6) is 0.138. The van der Waals surface area contributed by atoms with Crippen molar-refractivity contribution in [3.05, 3.63) is 30.1 Å². The van der Waals surface area contributed by atoms with Gasteiger partial charge in [-0.2, -0.15) is 0 Å². The third-order valence-electron chi connectivity index (χ3n) is 5.09. The van der Waals surface area contributed by atoms with Crippen LogP contribution >= 0.6 is 0 Å². The van der Waals surface area contributed by atoms with E-state index in [1.807, 2.05) is 17.0 Å². The number of amides is 1. The third kappa shape index (κ3) is 2.39. The number of carbonyl (C=O) groups is 1. The molecule has 2 aromatic heterocycles. The molecular weight excluding hydrogens is 276 g/mol. The van der Waals surface area contributed by atoms with Gasteiger partial charge in [-0.05, 0) is 50.9 Å². The lowest BCUT2D eigenvalue weighted by atomic mass is 10.0. The molecule has 22 heavy (non-hydrogen) atoms. The number of H-pyrrole nitrogens is 1. The van der Waals surface area contributed by atoms with E-state index in [2.05, 4.69) is 14.9 Å². The van der Waals surface area contributed by atoms with E-state index >= 15 is 0 Å². The molecule has 1 amide bonds. The fraction of sp³-hybridized carbons (Fsp3) is 0.529. The van der Waals surface area contributed by atoms with Crippen LogP contribution in [0.25, 0.3) is 11.0 Å². The highest BCUT2D eigenvalue weighted by Gasteiger charge is 2.29. The van der Waals surface area contributed by atoms with Crippen molar-refractivity contribution < 1.29 is 4.79 Å². The predicted octanol–water partition coefficient (Wildman–Crippen LogP) is 2.26. The van der Waals surface area contributed by atoms with Crippen molar-refractivity contribution in [2.75, 3.05) is 26.2 Å². The molecule has 0 radical (unpaired) electrons. The molecule has 0 atom stereocenters. The second-order valence-electron chi connectivity index (χ2n) is 6.37. The highest BCUT2D eigenvalue weighted by atomic mass is 16.2. The van der Waals surface area contributed by atoms with E-state index in [0.717, 1.165) is 42.5 Å². The van der Waals surface area contributed by atoms with E-state index in [1.54, 1.807) is 12.4 Å². The molecule has 2 fully saturated rings. The molecule has 2 aliphatic heterocycles. The maximum atomic E-state index is 12.8. The monoisotopic (exact) mass is 298 g/mol. The van der Waals surface area contributed by atoms with Gasteiger partial charge in [-0.25, -0.2) is 4.98 Å². The molecule has 0 unspecified atom stereocenters. The van der Waals surface area contributed by atoms with Crippen LogP contribution in [0.5, 0.6) is 0 Å². The fourth-order valence-electron chi connectivity index (χ4n) is 3.84. The maximum absolute atomic E-state index is 12.8. The van der Waals surface area contributed by atoms with Crippen LogP contribution in [0.15, 0.2) is 24.5 Å². The lowest BCUT2D eigenvalue weighted by molar-refractivity contribution is 0.0646. The molecule has 4 heterocycles. The average molecular weight is 298 g/mol. The van der Waals surface area contributed by atoms with Crippen LogP contribution in [0.1, 0.15) is 36.0 Å². The predicted molar refractivity (Wildman–Crippen MR) is 85.8 cm³/mol. The van der Waals surface area contributed by atoms with Gasteiger partial charge in [0.25, 0.3) is 5.91 Å². The first kappa shape index (κ1) is 13.8. The van der Waals surface area contributed by atoms with Crippen molar-refractivity contribution in [3.8, 4) is 0 Å². The van der Waals surface area contributed by atoms with Crippen LogP contribution in [-0.4, -0.2) is 57.9 Å². The van der Waals surface area contributed by atoms with Gasteiger partial charge in [-0.1, -0.05) is 0 Å². The van der Waals surface area contributed by atoms with Crippen LogP contribution in [0, 0.1) is 0 Å². The van der Waals surface area contributed by atoms with Crippen LogP contribution in [0.4, 0.5) is 0 Å². The molecule has 5 nitrogen and oxygen atoms in total. The smallest absolute Gasteiger partial charge is 0.256 e. The van der Waals surface area contributed by atoms with Crippen molar-refractivity contribution in [2.24, 2.45) is 0 Å². The molecule has 0 spiro atoms. The first-order valence-corrected chi connectivity index (χ1v) is 8.28. The summed E-state index contributed by atoms with van der Waals surface area (Å²) >= 11 is 0. The van der Waals surface area contributed by atoms with Gasteiger partial charge in [-0.15, -0.1) is 0 Å². The van der Waals surface area contributed by atoms with E-state index in [9.17, 15) is 4.79 Å². The Morgan fingerprint density at radius 1 is 1.18 bits per heavy atom. The normalized spacial score (nSPS) is 20.8. The summed E-state index contributed by atoms with van der Waals surface area (Å²) in [6.45, 7) is 4.22. The zero-order valence-electron chi connectivity index (χ0n) is 12.8. The largest absolute Gasteiger partial charge is 0.345 e. The van der Waals surface area contributed by atoms with Gasteiger partial charge in [0.15, 0.2) is 0 Å². The first-order chi connectivity index (χ1) is 10.8. The van der Waals surface area contributed by atoms with Gasteiger partial charge in [0.05, 0.1) is 5.56 Å². The number of hydrogen-bond donors (Lipinski definition) is 1. The van der Waals surface area contributed by atoms with Crippen LogP contribution < -0.4 is 0 Å². The molecule has 2 aliphatic rings. The van der Waals surface area contributed by atoms with Gasteiger partial charge in [0.2, 0.25) is 0 Å². The number of pyridine rings is 1. The lowest BCUT2D eigenvalue weighted by Crippen LogP contribution is -2.45. The average Bonchev–Trinajstić information content (AvgIpc) is 3.24. The highest BCUT2D eigenvalue weighted by molar-refractivity contribution is 6.05. The number of piperidine rings is 1. The molecule has 116 valence electrons. The molecule has 0 aromatic carbocycles. The van der Waals surface area contributed by atoms with Crippen LogP contribution in [0.3, 0.4) is 0 Å². The van der Waals surface area contributed by atoms with Crippen LogP contribution in [0.2, 0.25) is 0 Å². The van der Waals surface area contributed by atoms with Crippen molar-refractivity contribution in [2.45, 2.75) is 31.7 Å². The van der Waals surface area contributed by atoms with E-state index in [-0.39, 0.29) is 5.91 Å². The first-order valence-electron chi connectivity index (χ1n) is 8.28. The summed E-state index contributed by atoms with van der Waals surface area (Å²) in [6.07, 6.45) is 8.42. The van der Waals surface area contributed by atoms with Gasteiger partial charge < -0.3 is 14.8 Å². The van der Waals surface area contributed by atoms with Crippen molar-refractivity contribution in [1.29, 1.82) is 0 Å². The van der Waals surface area contributed by atoms with Gasteiger partial charge in [-0.3, -0.25) is 4.79 Å². The Morgan fingerprint density at radius 2 is 1.95 bits per heavy atom. The minimum atomic E-state index is 0.138. The maximum Gasteiger partial charge on any atom is 0.256 e. The third-order valence-corrected chi connectivity index (χ3v) is 5.09.